The number of carbonyl (C=O) groups excluding carboxylic acids is 1. The Hall–Kier alpha value is -2.33. The summed E-state index contributed by atoms with van der Waals surface area (Å²) in [6.45, 7) is 6.52. The normalized spacial score (nSPS) is 24.1. The first-order chi connectivity index (χ1) is 19.0. The predicted molar refractivity (Wildman–Crippen MR) is 157 cm³/mol. The number of halogens is 1. The molecular weight excluding hydrogens is 550 g/mol. The van der Waals surface area contributed by atoms with Crippen LogP contribution in [-0.4, -0.2) is 65.2 Å². The van der Waals surface area contributed by atoms with Crippen molar-refractivity contribution < 1.29 is 22.7 Å². The van der Waals surface area contributed by atoms with Crippen LogP contribution in [0.4, 0.5) is 5.69 Å². The maximum Gasteiger partial charge on any atom is 0.248 e. The van der Waals surface area contributed by atoms with Gasteiger partial charge in [-0.3, -0.25) is 4.79 Å². The van der Waals surface area contributed by atoms with E-state index in [4.69, 9.17) is 26.2 Å². The predicted octanol–water partition coefficient (Wildman–Crippen LogP) is 4.37. The highest BCUT2D eigenvalue weighted by molar-refractivity contribution is 7.89. The minimum atomic E-state index is -3.88. The third-order valence-electron chi connectivity index (χ3n) is 9.09. The molecule has 1 spiro atoms. The van der Waals surface area contributed by atoms with Crippen molar-refractivity contribution in [1.82, 2.24) is 4.90 Å². The third kappa shape index (κ3) is 5.98. The zero-order valence-corrected chi connectivity index (χ0v) is 25.1. The van der Waals surface area contributed by atoms with Crippen LogP contribution in [0.2, 0.25) is 5.02 Å². The minimum absolute atomic E-state index is 0.0157. The number of fused-ring (bicyclic) bond motifs is 3. The number of hydrogen-bond acceptors (Lipinski definition) is 6. The van der Waals surface area contributed by atoms with Gasteiger partial charge in [-0.25, -0.2) is 13.6 Å². The van der Waals surface area contributed by atoms with Crippen molar-refractivity contribution in [1.29, 1.82) is 0 Å². The molecule has 0 saturated heterocycles. The Morgan fingerprint density at radius 1 is 1.23 bits per heavy atom. The van der Waals surface area contributed by atoms with Crippen LogP contribution < -0.4 is 14.8 Å². The number of anilines is 1. The molecule has 2 aromatic carbocycles. The van der Waals surface area contributed by atoms with Gasteiger partial charge in [-0.15, -0.1) is 0 Å². The smallest absolute Gasteiger partial charge is 0.248 e. The van der Waals surface area contributed by atoms with Gasteiger partial charge in [0.15, 0.2) is 0 Å². The third-order valence-corrected chi connectivity index (χ3v) is 10.2. The largest absolute Gasteiger partial charge is 0.490 e. The van der Waals surface area contributed by atoms with E-state index in [9.17, 15) is 13.2 Å². The summed E-state index contributed by atoms with van der Waals surface area (Å²) >= 11 is 6.36. The zero-order chi connectivity index (χ0) is 28.7. The molecule has 218 valence electrons. The topological polar surface area (TPSA) is 102 Å². The first-order valence-electron chi connectivity index (χ1n) is 14.1. The number of primary sulfonamides is 1. The number of ether oxygens (including phenoxy) is 2. The quantitative estimate of drug-likeness (QED) is 0.491. The molecule has 1 fully saturated rings. The van der Waals surface area contributed by atoms with Gasteiger partial charge in [0.2, 0.25) is 15.9 Å². The van der Waals surface area contributed by atoms with E-state index < -0.39 is 10.0 Å². The molecule has 1 saturated carbocycles. The molecular formula is C30H40ClN3O5S. The summed E-state index contributed by atoms with van der Waals surface area (Å²) < 4.78 is 36.8. The van der Waals surface area contributed by atoms with Gasteiger partial charge in [0.1, 0.15) is 12.4 Å². The van der Waals surface area contributed by atoms with Crippen LogP contribution >= 0.6 is 11.6 Å². The number of nitrogens with zero attached hydrogens (tertiary/aromatic N) is 2. The number of likely N-dealkylation sites (N-methyl/N-ethyl adjacent to an activating group) is 1. The number of nitrogens with two attached hydrogens (primary N) is 1. The fourth-order valence-corrected chi connectivity index (χ4v) is 7.07. The van der Waals surface area contributed by atoms with Gasteiger partial charge in [0, 0.05) is 36.6 Å². The molecule has 40 heavy (non-hydrogen) atoms. The monoisotopic (exact) mass is 589 g/mol. The highest BCUT2D eigenvalue weighted by atomic mass is 35.5. The van der Waals surface area contributed by atoms with Gasteiger partial charge >= 0.3 is 0 Å². The highest BCUT2D eigenvalue weighted by Gasteiger charge is 2.43. The lowest BCUT2D eigenvalue weighted by Crippen LogP contribution is -2.49. The Morgan fingerprint density at radius 3 is 2.70 bits per heavy atom. The van der Waals surface area contributed by atoms with E-state index in [0.29, 0.717) is 37.3 Å². The molecule has 10 heteroatoms. The van der Waals surface area contributed by atoms with Crippen molar-refractivity contribution in [2.45, 2.75) is 62.3 Å². The first kappa shape index (κ1) is 29.2. The Morgan fingerprint density at radius 2 is 2.00 bits per heavy atom. The number of amides is 1. The van der Waals surface area contributed by atoms with Gasteiger partial charge < -0.3 is 19.3 Å². The number of aryl methyl sites for hydroxylation is 1. The average Bonchev–Trinajstić information content (AvgIpc) is 3.04. The number of sulfonamides is 1. The standard InChI is InChI=1S/C30H40ClN3O5S/c1-20(2)33(3)29(35)17-38-16-23-7-6-22(23)15-34-18-30(12-4-5-21-13-24(31)8-10-26(21)30)19-39-28-11-9-25(14-27(28)34)40(32,36)37/h8-11,13-14,20,22-23H,4-7,12,15-19H2,1-3H3,(H2,32,36,37)/t22-,23-,30-/m0/s1. The minimum Gasteiger partial charge on any atom is -0.490 e. The van der Waals surface area contributed by atoms with Crippen LogP contribution in [0.5, 0.6) is 5.75 Å². The van der Waals surface area contributed by atoms with E-state index in [-0.39, 0.29) is 28.9 Å². The summed E-state index contributed by atoms with van der Waals surface area (Å²) in [5.74, 6) is 1.34. The maximum atomic E-state index is 12.4. The summed E-state index contributed by atoms with van der Waals surface area (Å²) in [4.78, 5) is 16.4. The van der Waals surface area contributed by atoms with Crippen LogP contribution in [0.15, 0.2) is 41.3 Å². The van der Waals surface area contributed by atoms with Crippen LogP contribution in [-0.2, 0) is 31.4 Å². The van der Waals surface area contributed by atoms with E-state index in [0.717, 1.165) is 49.4 Å². The molecule has 1 aliphatic heterocycles. The Balaban J connectivity index is 1.40. The van der Waals surface area contributed by atoms with Crippen LogP contribution in [0.25, 0.3) is 0 Å². The highest BCUT2D eigenvalue weighted by Crippen LogP contribution is 2.46. The molecule has 0 bridgehead atoms. The molecule has 2 N–H and O–H groups in total. The second kappa shape index (κ2) is 11.5. The Labute approximate surface area is 242 Å². The number of benzene rings is 2. The molecule has 2 aliphatic carbocycles. The molecule has 1 heterocycles. The molecule has 2 aromatic rings. The van der Waals surface area contributed by atoms with Crippen molar-refractivity contribution >= 4 is 33.2 Å². The Bertz CT molecular complexity index is 1370. The summed E-state index contributed by atoms with van der Waals surface area (Å²) in [5.41, 5.74) is 3.02. The molecule has 0 radical (unpaired) electrons. The molecule has 3 atom stereocenters. The van der Waals surface area contributed by atoms with Crippen molar-refractivity contribution in [3.63, 3.8) is 0 Å². The Kier molecular flexibility index (Phi) is 8.39. The van der Waals surface area contributed by atoms with E-state index in [1.807, 2.05) is 19.9 Å². The molecule has 8 nitrogen and oxygen atoms in total. The summed E-state index contributed by atoms with van der Waals surface area (Å²) in [5, 5.41) is 6.26. The van der Waals surface area contributed by atoms with E-state index >= 15 is 0 Å². The number of carbonyl (C=O) groups is 1. The lowest BCUT2D eigenvalue weighted by Gasteiger charge is -2.44. The molecule has 0 unspecified atom stereocenters. The molecule has 1 amide bonds. The fraction of sp³-hybridized carbons (Fsp3) is 0.567. The summed E-state index contributed by atoms with van der Waals surface area (Å²) in [6, 6.07) is 11.2. The second-order valence-corrected chi connectivity index (χ2v) is 14.0. The fourth-order valence-electron chi connectivity index (χ4n) is 6.34. The maximum absolute atomic E-state index is 12.4. The van der Waals surface area contributed by atoms with E-state index in [2.05, 4.69) is 17.0 Å². The summed E-state index contributed by atoms with van der Waals surface area (Å²) in [6.07, 6.45) is 5.07. The number of rotatable bonds is 8. The van der Waals surface area contributed by atoms with Crippen molar-refractivity contribution in [2.75, 3.05) is 44.9 Å². The van der Waals surface area contributed by atoms with Crippen molar-refractivity contribution in [3.8, 4) is 5.75 Å². The van der Waals surface area contributed by atoms with Crippen molar-refractivity contribution in [3.05, 3.63) is 52.5 Å². The average molecular weight is 590 g/mol. The van der Waals surface area contributed by atoms with Crippen LogP contribution in [0.1, 0.15) is 50.7 Å². The van der Waals surface area contributed by atoms with Crippen molar-refractivity contribution in [2.24, 2.45) is 17.0 Å². The van der Waals surface area contributed by atoms with Gasteiger partial charge in [-0.05, 0) is 99.2 Å². The summed E-state index contributed by atoms with van der Waals surface area (Å²) in [7, 11) is -2.08. The number of hydrogen-bond donors (Lipinski definition) is 1. The molecule has 0 aromatic heterocycles. The second-order valence-electron chi connectivity index (χ2n) is 12.0. The first-order valence-corrected chi connectivity index (χ1v) is 16.1. The molecule has 3 aliphatic rings. The van der Waals surface area contributed by atoms with Gasteiger partial charge in [-0.1, -0.05) is 17.7 Å². The van der Waals surface area contributed by atoms with Gasteiger partial charge in [0.25, 0.3) is 0 Å². The van der Waals surface area contributed by atoms with Gasteiger partial charge in [0.05, 0.1) is 23.8 Å². The molecule has 5 rings (SSSR count). The van der Waals surface area contributed by atoms with Gasteiger partial charge in [-0.2, -0.15) is 0 Å². The SMILES string of the molecule is CC(C)N(C)C(=O)COC[C@@H]1CC[C@H]1CN1C[C@@]2(CCCc3cc(Cl)ccc32)COc2ccc(S(N)(=O)=O)cc21. The zero-order valence-electron chi connectivity index (χ0n) is 23.6. The van der Waals surface area contributed by atoms with Crippen LogP contribution in [0.3, 0.4) is 0 Å². The van der Waals surface area contributed by atoms with Crippen LogP contribution in [0, 0.1) is 11.8 Å². The van der Waals surface area contributed by atoms with E-state index in [1.54, 1.807) is 24.1 Å². The van der Waals surface area contributed by atoms with E-state index in [1.165, 1.54) is 17.2 Å². The lowest BCUT2D eigenvalue weighted by molar-refractivity contribution is -0.137. The lowest BCUT2D eigenvalue weighted by atomic mass is 9.69.